The van der Waals surface area contributed by atoms with Crippen molar-refractivity contribution in [2.45, 2.75) is 19.5 Å². The van der Waals surface area contributed by atoms with E-state index in [-0.39, 0.29) is 6.04 Å². The van der Waals surface area contributed by atoms with Crippen LogP contribution in [-0.2, 0) is 6.54 Å². The number of nitrogens with zero attached hydrogens (tertiary/aromatic N) is 2. The average Bonchev–Trinajstić information content (AvgIpc) is 2.56. The summed E-state index contributed by atoms with van der Waals surface area (Å²) in [5.74, 6) is -1.73. The number of benzene rings is 1. The molecule has 6 heteroatoms. The molecule has 1 heterocycles. The van der Waals surface area contributed by atoms with Crippen molar-refractivity contribution in [3.63, 3.8) is 0 Å². The number of rotatable bonds is 3. The highest BCUT2D eigenvalue weighted by Crippen LogP contribution is 2.19. The molecule has 0 saturated heterocycles. The van der Waals surface area contributed by atoms with Crippen molar-refractivity contribution >= 4 is 23.3 Å². The van der Waals surface area contributed by atoms with E-state index in [1.807, 2.05) is 25.9 Å². The maximum Gasteiger partial charge on any atom is 0.178 e. The Morgan fingerprint density at radius 2 is 1.94 bits per heavy atom. The first kappa shape index (κ1) is 13.2. The lowest BCUT2D eigenvalue weighted by Gasteiger charge is -2.20. The second kappa shape index (κ2) is 4.78. The highest BCUT2D eigenvalue weighted by molar-refractivity contribution is 7.71. The molecule has 0 fully saturated rings. The second-order valence-electron chi connectivity index (χ2n) is 4.64. The van der Waals surface area contributed by atoms with Crippen LogP contribution in [0.3, 0.4) is 0 Å². The first-order valence-corrected chi connectivity index (χ1v) is 6.05. The third-order valence-electron chi connectivity index (χ3n) is 3.14. The normalized spacial score (nSPS) is 13.4. The number of aromatic nitrogens is 2. The van der Waals surface area contributed by atoms with Crippen molar-refractivity contribution in [3.8, 4) is 0 Å². The third kappa shape index (κ3) is 2.30. The molecule has 1 unspecified atom stereocenters. The fourth-order valence-electron chi connectivity index (χ4n) is 1.76. The van der Waals surface area contributed by atoms with Crippen LogP contribution in [0.15, 0.2) is 12.1 Å². The molecule has 0 bridgehead atoms. The van der Waals surface area contributed by atoms with Gasteiger partial charge in [-0.1, -0.05) is 0 Å². The Morgan fingerprint density at radius 1 is 1.33 bits per heavy atom. The molecule has 2 aromatic rings. The predicted molar refractivity (Wildman–Crippen MR) is 70.2 cm³/mol. The molecule has 2 rings (SSSR count). The van der Waals surface area contributed by atoms with E-state index in [0.717, 1.165) is 6.07 Å². The minimum Gasteiger partial charge on any atom is -0.330 e. The van der Waals surface area contributed by atoms with Crippen LogP contribution in [0.25, 0.3) is 11.0 Å². The van der Waals surface area contributed by atoms with E-state index in [2.05, 4.69) is 4.98 Å². The lowest BCUT2D eigenvalue weighted by molar-refractivity contribution is 0.285. The molecule has 0 aliphatic rings. The van der Waals surface area contributed by atoms with Gasteiger partial charge in [0.15, 0.2) is 16.4 Å². The molecular formula is C12H15F2N3S. The van der Waals surface area contributed by atoms with Crippen LogP contribution in [-0.4, -0.2) is 34.6 Å². The molecule has 0 saturated carbocycles. The molecule has 0 aliphatic heterocycles. The van der Waals surface area contributed by atoms with Gasteiger partial charge in [-0.15, -0.1) is 0 Å². The first-order chi connectivity index (χ1) is 8.40. The van der Waals surface area contributed by atoms with Gasteiger partial charge in [0.2, 0.25) is 0 Å². The Balaban J connectivity index is 2.53. The van der Waals surface area contributed by atoms with Gasteiger partial charge in [0.05, 0.1) is 11.0 Å². The molecule has 98 valence electrons. The molecule has 1 aromatic carbocycles. The minimum absolute atomic E-state index is 0.240. The minimum atomic E-state index is -0.869. The monoisotopic (exact) mass is 271 g/mol. The van der Waals surface area contributed by atoms with Crippen LogP contribution in [0.5, 0.6) is 0 Å². The van der Waals surface area contributed by atoms with E-state index in [1.54, 1.807) is 4.57 Å². The van der Waals surface area contributed by atoms with Crippen molar-refractivity contribution in [1.29, 1.82) is 0 Å². The summed E-state index contributed by atoms with van der Waals surface area (Å²) in [6.07, 6.45) is 0. The first-order valence-electron chi connectivity index (χ1n) is 5.64. The molecule has 3 nitrogen and oxygen atoms in total. The maximum atomic E-state index is 13.3. The highest BCUT2D eigenvalue weighted by Gasteiger charge is 2.13. The molecule has 0 amide bonds. The number of halogens is 2. The van der Waals surface area contributed by atoms with Crippen LogP contribution in [0, 0.1) is 16.4 Å². The van der Waals surface area contributed by atoms with Gasteiger partial charge in [-0.25, -0.2) is 8.78 Å². The lowest BCUT2D eigenvalue weighted by atomic mass is 10.2. The van der Waals surface area contributed by atoms with Crippen LogP contribution in [0.1, 0.15) is 6.92 Å². The van der Waals surface area contributed by atoms with Gasteiger partial charge < -0.3 is 14.5 Å². The van der Waals surface area contributed by atoms with Gasteiger partial charge in [-0.3, -0.25) is 0 Å². The van der Waals surface area contributed by atoms with Crippen molar-refractivity contribution in [2.24, 2.45) is 0 Å². The van der Waals surface area contributed by atoms with Gasteiger partial charge >= 0.3 is 0 Å². The topological polar surface area (TPSA) is 24.0 Å². The molecule has 0 aliphatic carbocycles. The Bertz CT molecular complexity index is 630. The second-order valence-corrected chi connectivity index (χ2v) is 5.02. The molecule has 1 N–H and O–H groups in total. The van der Waals surface area contributed by atoms with Crippen LogP contribution < -0.4 is 0 Å². The Morgan fingerprint density at radius 3 is 2.56 bits per heavy atom. The Kier molecular flexibility index (Phi) is 3.49. The number of aromatic amines is 1. The van der Waals surface area contributed by atoms with E-state index in [4.69, 9.17) is 12.2 Å². The summed E-state index contributed by atoms with van der Waals surface area (Å²) in [6, 6.07) is 2.56. The third-order valence-corrected chi connectivity index (χ3v) is 3.47. The maximum absolute atomic E-state index is 13.3. The number of hydrogen-bond donors (Lipinski definition) is 1. The van der Waals surface area contributed by atoms with Gasteiger partial charge in [0.1, 0.15) is 0 Å². The van der Waals surface area contributed by atoms with E-state index in [0.29, 0.717) is 22.3 Å². The quantitative estimate of drug-likeness (QED) is 0.868. The van der Waals surface area contributed by atoms with E-state index in [1.165, 1.54) is 6.07 Å². The number of likely N-dealkylation sites (N-methyl/N-ethyl adjacent to an activating group) is 1. The highest BCUT2D eigenvalue weighted by atomic mass is 32.1. The van der Waals surface area contributed by atoms with Crippen molar-refractivity contribution < 1.29 is 8.78 Å². The molecule has 0 spiro atoms. The fourth-order valence-corrected chi connectivity index (χ4v) is 2.04. The average molecular weight is 271 g/mol. The van der Waals surface area contributed by atoms with Crippen LogP contribution in [0.4, 0.5) is 8.78 Å². The standard InChI is InChI=1S/C12H15F2N3S/c1-7(16(2)3)6-17-11-5-9(14)8(13)4-10(11)15-12(17)18/h4-5,7H,6H2,1-3H3,(H,15,18). The van der Waals surface area contributed by atoms with Gasteiger partial charge in [0.25, 0.3) is 0 Å². The van der Waals surface area contributed by atoms with Crippen molar-refractivity contribution in [1.82, 2.24) is 14.5 Å². The largest absolute Gasteiger partial charge is 0.330 e. The Labute approximate surface area is 109 Å². The lowest BCUT2D eigenvalue weighted by Crippen LogP contribution is -2.29. The van der Waals surface area contributed by atoms with E-state index >= 15 is 0 Å². The summed E-state index contributed by atoms with van der Waals surface area (Å²) in [6.45, 7) is 2.66. The van der Waals surface area contributed by atoms with Crippen LogP contribution in [0.2, 0.25) is 0 Å². The van der Waals surface area contributed by atoms with Gasteiger partial charge in [0, 0.05) is 24.7 Å². The Hall–Kier alpha value is -1.27. The summed E-state index contributed by atoms with van der Waals surface area (Å²) in [7, 11) is 3.92. The summed E-state index contributed by atoms with van der Waals surface area (Å²) >= 11 is 5.19. The van der Waals surface area contributed by atoms with Crippen molar-refractivity contribution in [2.75, 3.05) is 14.1 Å². The summed E-state index contributed by atoms with van der Waals surface area (Å²) < 4.78 is 28.7. The van der Waals surface area contributed by atoms with Crippen LogP contribution >= 0.6 is 12.2 Å². The summed E-state index contributed by atoms with van der Waals surface area (Å²) in [5.41, 5.74) is 1.11. The zero-order valence-electron chi connectivity index (χ0n) is 10.5. The zero-order chi connectivity index (χ0) is 13.4. The molecular weight excluding hydrogens is 256 g/mol. The van der Waals surface area contributed by atoms with Gasteiger partial charge in [-0.2, -0.15) is 0 Å². The number of hydrogen-bond acceptors (Lipinski definition) is 2. The SMILES string of the molecule is CC(Cn1c(=S)[nH]c2cc(F)c(F)cc21)N(C)C. The molecule has 1 aromatic heterocycles. The van der Waals surface area contributed by atoms with E-state index < -0.39 is 11.6 Å². The number of imidazole rings is 1. The van der Waals surface area contributed by atoms with Crippen molar-refractivity contribution in [3.05, 3.63) is 28.5 Å². The van der Waals surface area contributed by atoms with Gasteiger partial charge in [-0.05, 0) is 33.2 Å². The smallest absolute Gasteiger partial charge is 0.178 e. The number of nitrogens with one attached hydrogen (secondary N) is 1. The fraction of sp³-hybridized carbons (Fsp3) is 0.417. The van der Waals surface area contributed by atoms with E-state index in [9.17, 15) is 8.78 Å². The molecule has 1 atom stereocenters. The number of fused-ring (bicyclic) bond motifs is 1. The molecule has 18 heavy (non-hydrogen) atoms. The zero-order valence-corrected chi connectivity index (χ0v) is 11.3. The summed E-state index contributed by atoms with van der Waals surface area (Å²) in [5, 5.41) is 0. The number of H-pyrrole nitrogens is 1. The molecule has 0 radical (unpaired) electrons. The summed E-state index contributed by atoms with van der Waals surface area (Å²) in [4.78, 5) is 4.93. The predicted octanol–water partition coefficient (Wildman–Crippen LogP) is 2.93.